The van der Waals surface area contributed by atoms with Crippen molar-refractivity contribution in [1.29, 1.82) is 0 Å². The van der Waals surface area contributed by atoms with Gasteiger partial charge < -0.3 is 16.0 Å². The number of halogens is 1. The maximum absolute atomic E-state index is 15.3. The summed E-state index contributed by atoms with van der Waals surface area (Å²) in [5.74, 6) is -0.432. The summed E-state index contributed by atoms with van der Waals surface area (Å²) in [4.78, 5) is 54.0. The first-order valence-electron chi connectivity index (χ1n) is 14.0. The molecule has 2 aromatic carbocycles. The first kappa shape index (κ1) is 27.8. The van der Waals surface area contributed by atoms with E-state index in [9.17, 15) is 19.2 Å². The highest BCUT2D eigenvalue weighted by Crippen LogP contribution is 2.30. The number of ketones is 1. The number of urea groups is 1. The Morgan fingerprint density at radius 1 is 1.07 bits per heavy atom. The van der Waals surface area contributed by atoms with E-state index in [2.05, 4.69) is 5.32 Å². The molecule has 1 unspecified atom stereocenters. The number of Topliss-reactive ketones (excluding diaryl/α,β-unsaturated/α-hetero) is 1. The molecule has 10 heteroatoms. The van der Waals surface area contributed by atoms with E-state index in [1.807, 2.05) is 26.0 Å². The molecular formula is C30H36FN5O4. The molecule has 0 radical (unpaired) electrons. The number of piperidine rings is 1. The highest BCUT2D eigenvalue weighted by atomic mass is 19.1. The van der Waals surface area contributed by atoms with Crippen LogP contribution < -0.4 is 22.3 Å². The number of amides is 2. The molecule has 1 saturated heterocycles. The average molecular weight is 550 g/mol. The summed E-state index contributed by atoms with van der Waals surface area (Å²) in [5, 5.41) is 2.82. The average Bonchev–Trinajstić information content (AvgIpc) is 3.76. The summed E-state index contributed by atoms with van der Waals surface area (Å²) in [6.07, 6.45) is 3.79. The van der Waals surface area contributed by atoms with Crippen LogP contribution in [0.1, 0.15) is 67.9 Å². The van der Waals surface area contributed by atoms with Crippen molar-refractivity contribution in [3.63, 3.8) is 0 Å². The number of nitrogens with two attached hydrogens (primary N) is 1. The minimum Gasteiger partial charge on any atom is -0.326 e. The molecule has 1 aromatic heterocycles. The van der Waals surface area contributed by atoms with Gasteiger partial charge in [0.15, 0.2) is 5.78 Å². The van der Waals surface area contributed by atoms with E-state index in [0.29, 0.717) is 44.1 Å². The fourth-order valence-electron chi connectivity index (χ4n) is 5.53. The first-order chi connectivity index (χ1) is 19.2. The maximum atomic E-state index is 15.3. The smallest absolute Gasteiger partial charge is 0.326 e. The number of likely N-dealkylation sites (tertiary alicyclic amines) is 1. The summed E-state index contributed by atoms with van der Waals surface area (Å²) < 4.78 is 17.9. The summed E-state index contributed by atoms with van der Waals surface area (Å²) in [6.45, 7) is 5.23. The van der Waals surface area contributed by atoms with Crippen molar-refractivity contribution in [2.75, 3.05) is 18.4 Å². The lowest BCUT2D eigenvalue weighted by atomic mass is 9.91. The van der Waals surface area contributed by atoms with Gasteiger partial charge >= 0.3 is 11.7 Å². The Kier molecular flexibility index (Phi) is 7.89. The van der Waals surface area contributed by atoms with Gasteiger partial charge in [0.25, 0.3) is 5.56 Å². The molecule has 1 aliphatic carbocycles. The molecule has 2 aliphatic rings. The molecule has 1 atom stereocenters. The van der Waals surface area contributed by atoms with E-state index >= 15 is 4.39 Å². The molecule has 2 amide bonds. The Hall–Kier alpha value is -3.79. The van der Waals surface area contributed by atoms with E-state index in [4.69, 9.17) is 5.73 Å². The number of benzene rings is 2. The number of rotatable bonds is 8. The zero-order valence-corrected chi connectivity index (χ0v) is 23.0. The fraction of sp³-hybridized carbons (Fsp3) is 0.467. The molecule has 3 N–H and O–H groups in total. The Balaban J connectivity index is 1.34. The molecule has 0 bridgehead atoms. The van der Waals surface area contributed by atoms with Gasteiger partial charge in [-0.25, -0.2) is 14.0 Å². The van der Waals surface area contributed by atoms with Gasteiger partial charge in [-0.15, -0.1) is 0 Å². The monoisotopic (exact) mass is 549 g/mol. The predicted octanol–water partition coefficient (Wildman–Crippen LogP) is 4.27. The molecule has 1 saturated carbocycles. The van der Waals surface area contributed by atoms with Gasteiger partial charge in [0, 0.05) is 50.3 Å². The molecule has 9 nitrogen and oxygen atoms in total. The number of aromatic nitrogens is 2. The third-order valence-electron chi connectivity index (χ3n) is 7.95. The number of hydrogen-bond donors (Lipinski definition) is 2. The Labute approximate surface area is 231 Å². The minimum atomic E-state index is -0.723. The van der Waals surface area contributed by atoms with E-state index in [-0.39, 0.29) is 34.3 Å². The lowest BCUT2D eigenvalue weighted by molar-refractivity contribution is 0.0931. The molecule has 3 aromatic rings. The van der Waals surface area contributed by atoms with Crippen LogP contribution >= 0.6 is 0 Å². The van der Waals surface area contributed by atoms with Crippen molar-refractivity contribution < 1.29 is 14.0 Å². The van der Waals surface area contributed by atoms with Crippen LogP contribution in [0.3, 0.4) is 0 Å². The molecule has 2 heterocycles. The SMILES string of the molecule is CC(C)n1c(=O)n(CC2CC2)c(=O)c2cc(NC(=O)N3CCCC(CC(=O)c4ccc(CN)cc4)C3)c(F)cc21. The zero-order chi connectivity index (χ0) is 28.6. The van der Waals surface area contributed by atoms with Crippen LogP contribution in [0.4, 0.5) is 14.9 Å². The molecule has 1 aliphatic heterocycles. The van der Waals surface area contributed by atoms with E-state index < -0.39 is 23.1 Å². The van der Waals surface area contributed by atoms with E-state index in [0.717, 1.165) is 37.3 Å². The van der Waals surface area contributed by atoms with Crippen LogP contribution in [0.2, 0.25) is 0 Å². The number of fused-ring (bicyclic) bond motifs is 1. The van der Waals surface area contributed by atoms with Crippen LogP contribution in [0.15, 0.2) is 46.0 Å². The van der Waals surface area contributed by atoms with Crippen molar-refractivity contribution in [2.45, 2.75) is 65.1 Å². The second-order valence-corrected chi connectivity index (χ2v) is 11.4. The van der Waals surface area contributed by atoms with Gasteiger partial charge in [0.05, 0.1) is 16.6 Å². The second kappa shape index (κ2) is 11.4. The zero-order valence-electron chi connectivity index (χ0n) is 23.0. The van der Waals surface area contributed by atoms with Crippen molar-refractivity contribution in [3.05, 3.63) is 74.2 Å². The minimum absolute atomic E-state index is 0.00933. The van der Waals surface area contributed by atoms with Crippen molar-refractivity contribution in [3.8, 4) is 0 Å². The number of nitrogens with one attached hydrogen (secondary N) is 1. The second-order valence-electron chi connectivity index (χ2n) is 11.4. The molecular weight excluding hydrogens is 513 g/mol. The maximum Gasteiger partial charge on any atom is 0.331 e. The third kappa shape index (κ3) is 5.72. The van der Waals surface area contributed by atoms with Gasteiger partial charge in [0.2, 0.25) is 0 Å². The van der Waals surface area contributed by atoms with Crippen molar-refractivity contribution >= 4 is 28.4 Å². The largest absolute Gasteiger partial charge is 0.331 e. The number of nitrogens with zero attached hydrogens (tertiary/aromatic N) is 3. The van der Waals surface area contributed by atoms with Gasteiger partial charge in [-0.2, -0.15) is 0 Å². The number of hydrogen-bond acceptors (Lipinski definition) is 5. The van der Waals surface area contributed by atoms with Crippen LogP contribution in [-0.4, -0.2) is 38.9 Å². The van der Waals surface area contributed by atoms with Crippen LogP contribution in [0, 0.1) is 17.7 Å². The fourth-order valence-corrected chi connectivity index (χ4v) is 5.53. The highest BCUT2D eigenvalue weighted by Gasteiger charge is 2.28. The van der Waals surface area contributed by atoms with Crippen molar-refractivity contribution in [1.82, 2.24) is 14.0 Å². The van der Waals surface area contributed by atoms with Gasteiger partial charge in [-0.3, -0.25) is 18.7 Å². The van der Waals surface area contributed by atoms with E-state index in [1.165, 1.54) is 15.2 Å². The molecule has 5 rings (SSSR count). The van der Waals surface area contributed by atoms with Gasteiger partial charge in [-0.1, -0.05) is 24.3 Å². The summed E-state index contributed by atoms with van der Waals surface area (Å²) >= 11 is 0. The van der Waals surface area contributed by atoms with Crippen molar-refractivity contribution in [2.24, 2.45) is 17.6 Å². The normalized spacial score (nSPS) is 17.4. The number of anilines is 1. The Morgan fingerprint density at radius 2 is 1.80 bits per heavy atom. The molecule has 2 fully saturated rings. The molecule has 40 heavy (non-hydrogen) atoms. The summed E-state index contributed by atoms with van der Waals surface area (Å²) in [5.41, 5.74) is 6.38. The van der Waals surface area contributed by atoms with Crippen LogP contribution in [0.5, 0.6) is 0 Å². The third-order valence-corrected chi connectivity index (χ3v) is 7.95. The molecule has 0 spiro atoms. The quantitative estimate of drug-likeness (QED) is 0.407. The summed E-state index contributed by atoms with van der Waals surface area (Å²) in [7, 11) is 0. The number of carbonyl (C=O) groups is 2. The van der Waals surface area contributed by atoms with E-state index in [1.54, 1.807) is 17.0 Å². The van der Waals surface area contributed by atoms with Gasteiger partial charge in [0.1, 0.15) is 5.82 Å². The van der Waals surface area contributed by atoms with Gasteiger partial charge in [-0.05, 0) is 63.0 Å². The number of carbonyl (C=O) groups excluding carboxylic acids is 2. The first-order valence-corrected chi connectivity index (χ1v) is 14.0. The Bertz CT molecular complexity index is 1560. The van der Waals surface area contributed by atoms with Crippen LogP contribution in [0.25, 0.3) is 10.9 Å². The topological polar surface area (TPSA) is 119 Å². The Morgan fingerprint density at radius 3 is 2.45 bits per heavy atom. The van der Waals surface area contributed by atoms with Crippen LogP contribution in [-0.2, 0) is 13.1 Å². The predicted molar refractivity (Wildman–Crippen MR) is 152 cm³/mol. The summed E-state index contributed by atoms with van der Waals surface area (Å²) in [6, 6.07) is 8.95. The highest BCUT2D eigenvalue weighted by molar-refractivity contribution is 5.96. The lowest BCUT2D eigenvalue weighted by Crippen LogP contribution is -2.43. The standard InChI is InChI=1S/C30H36FN5O4/c1-18(2)36-26-14-24(31)25(13-23(26)28(38)35(30(36)40)17-20-5-6-20)33-29(39)34-11-3-4-21(16-34)12-27(37)22-9-7-19(15-32)8-10-22/h7-10,13-14,18,20-21H,3-6,11-12,15-17,32H2,1-2H3,(H,33,39). The molecule has 212 valence electrons. The lowest BCUT2D eigenvalue weighted by Gasteiger charge is -2.32.